The Morgan fingerprint density at radius 2 is 1.50 bits per heavy atom. The first-order valence-electron chi connectivity index (χ1n) is 0.475. The molecule has 0 aliphatic carbocycles. The van der Waals surface area contributed by atoms with Crippen LogP contribution in [0.15, 0.2) is 0 Å². The van der Waals surface area contributed by atoms with E-state index in [4.69, 9.17) is 0 Å². The van der Waals surface area contributed by atoms with Gasteiger partial charge in [-0.25, -0.2) is 0 Å². The van der Waals surface area contributed by atoms with Crippen LogP contribution in [-0.4, -0.2) is 0 Å². The predicted octanol–water partition coefficient (Wildman–Crippen LogP) is 0.836. The molecule has 0 fully saturated rings. The fourth-order valence-electron chi connectivity index (χ4n) is 0. The fourth-order valence-corrected chi connectivity index (χ4v) is 0. The summed E-state index contributed by atoms with van der Waals surface area (Å²) in [7, 11) is -2.78. The predicted molar refractivity (Wildman–Crippen MR) is 16.9 cm³/mol. The van der Waals surface area contributed by atoms with Gasteiger partial charge >= 0.3 is 0 Å². The van der Waals surface area contributed by atoms with Gasteiger partial charge in [0.05, 0.1) is 0 Å². The van der Waals surface area contributed by atoms with Crippen LogP contribution < -0.4 is 0 Å². The Morgan fingerprint density at radius 1 is 1.50 bits per heavy atom. The van der Waals surface area contributed by atoms with Crippen LogP contribution in [0.5, 0.6) is 0 Å². The number of hydrogen-bond donors (Lipinski definition) is 0. The van der Waals surface area contributed by atoms with E-state index in [2.05, 4.69) is 11.2 Å². The SMILES string of the molecule is FS(F)=S. The molecule has 0 aromatic rings. The molecular weight excluding hydrogens is 102 g/mol. The van der Waals surface area contributed by atoms with Crippen LogP contribution in [0.2, 0.25) is 0 Å². The third-order valence-electron chi connectivity index (χ3n) is 0. The van der Waals surface area contributed by atoms with Crippen LogP contribution in [-0.2, 0) is 21.4 Å². The monoisotopic (exact) mass is 102 g/mol. The van der Waals surface area contributed by atoms with Gasteiger partial charge in [0, 0.05) is 11.2 Å². The summed E-state index contributed by atoms with van der Waals surface area (Å²) in [6, 6.07) is 0. The van der Waals surface area contributed by atoms with E-state index in [1.165, 1.54) is 0 Å². The molecule has 4 heavy (non-hydrogen) atoms. The molecule has 0 saturated heterocycles. The van der Waals surface area contributed by atoms with Gasteiger partial charge < -0.3 is 0 Å². The number of hydrogen-bond acceptors (Lipinski definition) is 1. The minimum atomic E-state index is -2.78. The van der Waals surface area contributed by atoms with Gasteiger partial charge in [-0.1, -0.05) is 0 Å². The zero-order valence-electron chi connectivity index (χ0n) is 1.57. The van der Waals surface area contributed by atoms with Gasteiger partial charge in [-0.05, 0) is 0 Å². The summed E-state index contributed by atoms with van der Waals surface area (Å²) in [4.78, 5) is 0. The maximum Gasteiger partial charge on any atom is 0.236 e. The third-order valence-corrected chi connectivity index (χ3v) is 0. The first kappa shape index (κ1) is 4.43. The van der Waals surface area contributed by atoms with Gasteiger partial charge in [0.25, 0.3) is 0 Å². The quantitative estimate of drug-likeness (QED) is 0.408. The summed E-state index contributed by atoms with van der Waals surface area (Å²) in [5, 5.41) is 0. The smallest absolute Gasteiger partial charge is 0.127 e. The molecule has 0 unspecified atom stereocenters. The highest BCUT2D eigenvalue weighted by Gasteiger charge is 1.66. The van der Waals surface area contributed by atoms with Crippen LogP contribution >= 0.6 is 0 Å². The van der Waals surface area contributed by atoms with Crippen LogP contribution in [0.25, 0.3) is 0 Å². The highest BCUT2D eigenvalue weighted by molar-refractivity contribution is 8.23. The Morgan fingerprint density at radius 3 is 1.50 bits per heavy atom. The largest absolute Gasteiger partial charge is 0.236 e. The van der Waals surface area contributed by atoms with Crippen LogP contribution in [0.1, 0.15) is 0 Å². The Bertz CT molecular complexity index is 27.0. The molecule has 0 spiro atoms. The molecule has 0 N–H and O–H groups in total. The molecule has 0 aliphatic rings. The average molecular weight is 102 g/mol. The zero-order valence-corrected chi connectivity index (χ0v) is 3.21. The van der Waals surface area contributed by atoms with E-state index in [1.54, 1.807) is 0 Å². The lowest BCUT2D eigenvalue weighted by Crippen LogP contribution is -1.43. The summed E-state index contributed by atoms with van der Waals surface area (Å²) in [5.74, 6) is 0. The molecule has 0 radical (unpaired) electrons. The van der Waals surface area contributed by atoms with E-state index in [9.17, 15) is 7.77 Å². The maximum atomic E-state index is 10.2. The van der Waals surface area contributed by atoms with E-state index in [1.807, 2.05) is 0 Å². The van der Waals surface area contributed by atoms with Crippen LogP contribution in [0.3, 0.4) is 0 Å². The lowest BCUT2D eigenvalue weighted by molar-refractivity contribution is 0.801. The molecule has 0 bridgehead atoms. The van der Waals surface area contributed by atoms with E-state index in [0.717, 1.165) is 0 Å². The van der Waals surface area contributed by atoms with Gasteiger partial charge in [0.2, 0.25) is 10.2 Å². The maximum absolute atomic E-state index is 10.2. The fraction of sp³-hybridized carbons (Fsp3) is 0. The molecule has 0 aliphatic heterocycles. The molecule has 0 aromatic carbocycles. The van der Waals surface area contributed by atoms with Crippen molar-refractivity contribution < 1.29 is 7.77 Å². The summed E-state index contributed by atoms with van der Waals surface area (Å²) < 4.78 is 20.4. The normalized spacial score (nSPS) is 8.75. The Kier molecular flexibility index (Phi) is 1.91. The van der Waals surface area contributed by atoms with Crippen molar-refractivity contribution in [3.05, 3.63) is 0 Å². The van der Waals surface area contributed by atoms with E-state index in [-0.39, 0.29) is 0 Å². The Labute approximate surface area is 30.0 Å². The average Bonchev–Trinajstić information content (AvgIpc) is 0.811. The summed E-state index contributed by atoms with van der Waals surface area (Å²) in [6.45, 7) is 0. The first-order chi connectivity index (χ1) is 1.73. The highest BCUT2D eigenvalue weighted by Crippen LogP contribution is 1.77. The standard InChI is InChI=1S/F2S2/c1-4(2)3. The minimum Gasteiger partial charge on any atom is -0.127 e. The van der Waals surface area contributed by atoms with Crippen molar-refractivity contribution in [1.82, 2.24) is 0 Å². The molecule has 0 saturated carbocycles. The van der Waals surface area contributed by atoms with E-state index >= 15 is 0 Å². The summed E-state index contributed by atoms with van der Waals surface area (Å²) >= 11 is 3.31. The molecule has 0 atom stereocenters. The van der Waals surface area contributed by atoms with Crippen molar-refractivity contribution in [3.8, 4) is 0 Å². The molecule has 26 valence electrons. The van der Waals surface area contributed by atoms with Crippen molar-refractivity contribution in [1.29, 1.82) is 0 Å². The van der Waals surface area contributed by atoms with Crippen LogP contribution in [0.4, 0.5) is 7.77 Å². The van der Waals surface area contributed by atoms with Crippen molar-refractivity contribution >= 4 is 21.4 Å². The Balaban J connectivity index is 2.80. The molecule has 0 amide bonds. The van der Waals surface area contributed by atoms with Gasteiger partial charge in [-0.2, -0.15) is 0 Å². The van der Waals surface area contributed by atoms with Gasteiger partial charge in [0.15, 0.2) is 0 Å². The lowest BCUT2D eigenvalue weighted by atomic mass is 18.8. The number of rotatable bonds is 0. The molecule has 0 aromatic heterocycles. The zero-order chi connectivity index (χ0) is 3.58. The molecule has 4 heteroatoms. The second-order valence-corrected chi connectivity index (χ2v) is 1.31. The summed E-state index contributed by atoms with van der Waals surface area (Å²) in [6.07, 6.45) is 0. The van der Waals surface area contributed by atoms with Crippen molar-refractivity contribution in [2.45, 2.75) is 0 Å². The number of halogens is 2. The van der Waals surface area contributed by atoms with E-state index < -0.39 is 10.2 Å². The minimum absolute atomic E-state index is 2.78. The Hall–Kier alpha value is 0.430. The van der Waals surface area contributed by atoms with Gasteiger partial charge in [0.1, 0.15) is 0 Å². The van der Waals surface area contributed by atoms with Gasteiger partial charge in [-0.15, -0.1) is 7.77 Å². The van der Waals surface area contributed by atoms with E-state index in [0.29, 0.717) is 0 Å². The molecular formula is F2S2. The topological polar surface area (TPSA) is 0 Å². The second-order valence-electron chi connectivity index (χ2n) is 0.184. The van der Waals surface area contributed by atoms with Gasteiger partial charge in [-0.3, -0.25) is 0 Å². The molecule has 0 nitrogen and oxygen atoms in total. The third kappa shape index (κ3) is 26.9. The van der Waals surface area contributed by atoms with Crippen molar-refractivity contribution in [3.63, 3.8) is 0 Å². The summed E-state index contributed by atoms with van der Waals surface area (Å²) in [5.41, 5.74) is 0. The van der Waals surface area contributed by atoms with Crippen molar-refractivity contribution in [2.24, 2.45) is 0 Å². The van der Waals surface area contributed by atoms with Crippen LogP contribution in [0, 0.1) is 0 Å². The molecule has 0 heterocycles. The second kappa shape index (κ2) is 1.72. The lowest BCUT2D eigenvalue weighted by Gasteiger charge is -1.52. The first-order valence-corrected chi connectivity index (χ1v) is 2.43. The highest BCUT2D eigenvalue weighted by atomic mass is 32.9. The molecule has 0 rings (SSSR count). The van der Waals surface area contributed by atoms with Crippen molar-refractivity contribution in [2.75, 3.05) is 0 Å².